The van der Waals surface area contributed by atoms with Gasteiger partial charge in [-0.3, -0.25) is 9.59 Å². The summed E-state index contributed by atoms with van der Waals surface area (Å²) >= 11 is 5.91. The molecule has 0 aromatic heterocycles. The molecule has 2 amide bonds. The van der Waals surface area contributed by atoms with Crippen molar-refractivity contribution in [1.29, 1.82) is 0 Å². The first kappa shape index (κ1) is 22.9. The number of halogens is 1. The Balaban J connectivity index is 1.56. The molecular weight excluding hydrogens is 434 g/mol. The lowest BCUT2D eigenvalue weighted by atomic mass is 9.98. The molecule has 0 aliphatic carbocycles. The summed E-state index contributed by atoms with van der Waals surface area (Å²) in [4.78, 5) is 27.6. The molecule has 1 unspecified atom stereocenters. The third kappa shape index (κ3) is 5.74. The van der Waals surface area contributed by atoms with Crippen molar-refractivity contribution < 1.29 is 9.59 Å². The van der Waals surface area contributed by atoms with Gasteiger partial charge in [0.1, 0.15) is 5.38 Å². The molecule has 6 heteroatoms. The van der Waals surface area contributed by atoms with Gasteiger partial charge < -0.3 is 15.5 Å². The highest BCUT2D eigenvalue weighted by atomic mass is 35.5. The van der Waals surface area contributed by atoms with E-state index in [1.54, 1.807) is 13.0 Å². The van der Waals surface area contributed by atoms with Crippen LogP contribution >= 0.6 is 11.6 Å². The lowest BCUT2D eigenvalue weighted by molar-refractivity contribution is -0.115. The quantitative estimate of drug-likeness (QED) is 0.497. The zero-order chi connectivity index (χ0) is 23.2. The Morgan fingerprint density at radius 3 is 2.48 bits per heavy atom. The summed E-state index contributed by atoms with van der Waals surface area (Å²) in [6, 6.07) is 24.0. The number of rotatable bonds is 7. The lowest BCUT2D eigenvalue weighted by Crippen LogP contribution is -2.33. The van der Waals surface area contributed by atoms with Gasteiger partial charge in [-0.2, -0.15) is 0 Å². The van der Waals surface area contributed by atoms with E-state index in [2.05, 4.69) is 33.7 Å². The molecule has 1 aliphatic rings. The van der Waals surface area contributed by atoms with Crippen molar-refractivity contribution in [3.8, 4) is 0 Å². The first-order valence-corrected chi connectivity index (χ1v) is 11.7. The summed E-state index contributed by atoms with van der Waals surface area (Å²) in [5, 5.41) is 5.18. The topological polar surface area (TPSA) is 61.4 Å². The number of hydrogen-bond donors (Lipinski definition) is 2. The maximum absolute atomic E-state index is 13.2. The van der Waals surface area contributed by atoms with Gasteiger partial charge in [0, 0.05) is 31.0 Å². The van der Waals surface area contributed by atoms with Crippen LogP contribution in [0.2, 0.25) is 0 Å². The highest BCUT2D eigenvalue weighted by molar-refractivity contribution is 6.32. The van der Waals surface area contributed by atoms with Crippen molar-refractivity contribution in [3.63, 3.8) is 0 Å². The van der Waals surface area contributed by atoms with Crippen molar-refractivity contribution in [3.05, 3.63) is 95.1 Å². The number of fused-ring (bicyclic) bond motifs is 1. The second kappa shape index (κ2) is 10.5. The van der Waals surface area contributed by atoms with E-state index in [9.17, 15) is 9.59 Å². The normalized spacial score (nSPS) is 13.7. The van der Waals surface area contributed by atoms with Crippen LogP contribution < -0.4 is 15.5 Å². The number of hydrogen-bond acceptors (Lipinski definition) is 3. The summed E-state index contributed by atoms with van der Waals surface area (Å²) in [5.74, 6) is -0.457. The van der Waals surface area contributed by atoms with E-state index in [0.29, 0.717) is 17.8 Å². The second-order valence-electron chi connectivity index (χ2n) is 8.27. The zero-order valence-electron chi connectivity index (χ0n) is 18.7. The molecular formula is C27H28ClN3O2. The Morgan fingerprint density at radius 2 is 1.73 bits per heavy atom. The molecule has 0 fully saturated rings. The van der Waals surface area contributed by atoms with E-state index < -0.39 is 5.38 Å². The molecule has 2 N–H and O–H groups in total. The average molecular weight is 462 g/mol. The van der Waals surface area contributed by atoms with Crippen LogP contribution in [0.25, 0.3) is 0 Å². The number of amides is 2. The van der Waals surface area contributed by atoms with Crippen molar-refractivity contribution in [2.45, 2.75) is 31.7 Å². The lowest BCUT2D eigenvalue weighted by Gasteiger charge is -2.32. The summed E-state index contributed by atoms with van der Waals surface area (Å²) in [6.45, 7) is 3.71. The fourth-order valence-corrected chi connectivity index (χ4v) is 4.13. The highest BCUT2D eigenvalue weighted by Crippen LogP contribution is 2.29. The zero-order valence-corrected chi connectivity index (χ0v) is 19.4. The molecule has 1 atom stereocenters. The van der Waals surface area contributed by atoms with E-state index in [0.717, 1.165) is 31.6 Å². The van der Waals surface area contributed by atoms with Gasteiger partial charge in [0.2, 0.25) is 5.91 Å². The van der Waals surface area contributed by atoms with Crippen LogP contribution in [0.15, 0.2) is 72.8 Å². The number of anilines is 2. The molecule has 0 saturated heterocycles. The maximum atomic E-state index is 13.2. The summed E-state index contributed by atoms with van der Waals surface area (Å²) in [6.07, 6.45) is 1.67. The van der Waals surface area contributed by atoms with Crippen LogP contribution in [-0.4, -0.2) is 30.3 Å². The van der Waals surface area contributed by atoms with Crippen LogP contribution in [0, 0.1) is 0 Å². The summed E-state index contributed by atoms with van der Waals surface area (Å²) < 4.78 is 0. The molecule has 1 aliphatic heterocycles. The SMILES string of the molecule is CC(Cl)C(=O)Nc1ccc(N2CCc3ccccc3C2)c(C(=O)NCCc2ccccc2)c1. The third-order valence-corrected chi connectivity index (χ3v) is 6.08. The Labute approximate surface area is 199 Å². The number of nitrogens with one attached hydrogen (secondary N) is 2. The van der Waals surface area contributed by atoms with Crippen LogP contribution in [-0.2, 0) is 24.2 Å². The fraction of sp³-hybridized carbons (Fsp3) is 0.259. The average Bonchev–Trinajstić information content (AvgIpc) is 2.84. The van der Waals surface area contributed by atoms with Crippen molar-refractivity contribution in [2.24, 2.45) is 0 Å². The Hall–Kier alpha value is -3.31. The molecule has 0 spiro atoms. The number of nitrogens with zero attached hydrogens (tertiary/aromatic N) is 1. The molecule has 33 heavy (non-hydrogen) atoms. The summed E-state index contributed by atoms with van der Waals surface area (Å²) in [7, 11) is 0. The summed E-state index contributed by atoms with van der Waals surface area (Å²) in [5.41, 5.74) is 5.75. The predicted octanol–water partition coefficient (Wildman–Crippen LogP) is 4.79. The Morgan fingerprint density at radius 1 is 1.00 bits per heavy atom. The van der Waals surface area contributed by atoms with Crippen LogP contribution in [0.3, 0.4) is 0 Å². The maximum Gasteiger partial charge on any atom is 0.253 e. The molecule has 0 radical (unpaired) electrons. The van der Waals surface area contributed by atoms with Crippen LogP contribution in [0.4, 0.5) is 11.4 Å². The highest BCUT2D eigenvalue weighted by Gasteiger charge is 2.22. The molecule has 170 valence electrons. The Bertz CT molecular complexity index is 1130. The minimum absolute atomic E-state index is 0.158. The Kier molecular flexibility index (Phi) is 7.30. The molecule has 4 rings (SSSR count). The van der Waals surface area contributed by atoms with E-state index in [4.69, 9.17) is 11.6 Å². The largest absolute Gasteiger partial charge is 0.366 e. The minimum Gasteiger partial charge on any atom is -0.366 e. The van der Waals surface area contributed by atoms with Crippen molar-refractivity contribution in [2.75, 3.05) is 23.3 Å². The smallest absolute Gasteiger partial charge is 0.253 e. The molecule has 0 bridgehead atoms. The predicted molar refractivity (Wildman–Crippen MR) is 134 cm³/mol. The van der Waals surface area contributed by atoms with E-state index in [1.807, 2.05) is 48.5 Å². The molecule has 3 aromatic carbocycles. The van der Waals surface area contributed by atoms with E-state index in [-0.39, 0.29) is 11.8 Å². The standard InChI is InChI=1S/C27H28ClN3O2/c1-19(28)26(32)30-23-11-12-25(31-16-14-21-9-5-6-10-22(21)18-31)24(17-23)27(33)29-15-13-20-7-3-2-4-8-20/h2-12,17,19H,13-16,18H2,1H3,(H,29,33)(H,30,32). The van der Waals surface area contributed by atoms with Crippen molar-refractivity contribution >= 4 is 34.8 Å². The first-order valence-electron chi connectivity index (χ1n) is 11.2. The van der Waals surface area contributed by atoms with Gasteiger partial charge in [-0.15, -0.1) is 11.6 Å². The minimum atomic E-state index is -0.661. The molecule has 1 heterocycles. The fourth-order valence-electron chi connectivity index (χ4n) is 4.07. The molecule has 5 nitrogen and oxygen atoms in total. The van der Waals surface area contributed by atoms with Gasteiger partial charge in [0.25, 0.3) is 5.91 Å². The van der Waals surface area contributed by atoms with Gasteiger partial charge in [0.05, 0.1) is 5.56 Å². The van der Waals surface area contributed by atoms with Crippen LogP contribution in [0.1, 0.15) is 34.0 Å². The third-order valence-electron chi connectivity index (χ3n) is 5.88. The second-order valence-corrected chi connectivity index (χ2v) is 8.92. The van der Waals surface area contributed by atoms with Gasteiger partial charge in [-0.25, -0.2) is 0 Å². The number of carbonyl (C=O) groups excluding carboxylic acids is 2. The van der Waals surface area contributed by atoms with Gasteiger partial charge in [0.15, 0.2) is 0 Å². The number of benzene rings is 3. The van der Waals surface area contributed by atoms with Gasteiger partial charge in [-0.1, -0.05) is 54.6 Å². The van der Waals surface area contributed by atoms with Gasteiger partial charge in [-0.05, 0) is 54.7 Å². The van der Waals surface area contributed by atoms with Crippen LogP contribution in [0.5, 0.6) is 0 Å². The van der Waals surface area contributed by atoms with Crippen molar-refractivity contribution in [1.82, 2.24) is 5.32 Å². The molecule has 0 saturated carbocycles. The molecule has 3 aromatic rings. The van der Waals surface area contributed by atoms with E-state index >= 15 is 0 Å². The van der Waals surface area contributed by atoms with E-state index in [1.165, 1.54) is 16.7 Å². The number of carbonyl (C=O) groups is 2. The monoisotopic (exact) mass is 461 g/mol. The number of alkyl halides is 1. The first-order chi connectivity index (χ1) is 16.0. The van der Waals surface area contributed by atoms with Gasteiger partial charge >= 0.3 is 0 Å².